The molecule has 1 saturated heterocycles. The number of rotatable bonds is 5. The summed E-state index contributed by atoms with van der Waals surface area (Å²) in [7, 11) is 1.67. The summed E-state index contributed by atoms with van der Waals surface area (Å²) >= 11 is 0. The molecular formula is C16H22N4O2. The number of ether oxygens (including phenoxy) is 1. The van der Waals surface area contributed by atoms with E-state index in [4.69, 9.17) is 4.74 Å². The van der Waals surface area contributed by atoms with E-state index in [1.165, 1.54) is 5.56 Å². The molecule has 2 atom stereocenters. The molecule has 0 spiro atoms. The van der Waals surface area contributed by atoms with Crippen molar-refractivity contribution in [2.45, 2.75) is 31.4 Å². The van der Waals surface area contributed by atoms with E-state index in [9.17, 15) is 5.11 Å². The summed E-state index contributed by atoms with van der Waals surface area (Å²) in [6, 6.07) is 8.06. The highest BCUT2D eigenvalue weighted by atomic mass is 16.5. The second-order valence-electron chi connectivity index (χ2n) is 5.67. The minimum atomic E-state index is -0.375. The van der Waals surface area contributed by atoms with Gasteiger partial charge in [0.1, 0.15) is 5.75 Å². The molecule has 0 radical (unpaired) electrons. The molecule has 2 heterocycles. The SMILES string of the molecule is COc1ccc(CCn2cc(C3CCNCC3O)nn2)cc1. The average Bonchev–Trinajstić information content (AvgIpc) is 3.02. The molecule has 1 aromatic heterocycles. The number of aliphatic hydroxyl groups excluding tert-OH is 1. The number of hydrogen-bond acceptors (Lipinski definition) is 5. The zero-order chi connectivity index (χ0) is 15.4. The van der Waals surface area contributed by atoms with E-state index < -0.39 is 0 Å². The van der Waals surface area contributed by atoms with Crippen molar-refractivity contribution in [2.24, 2.45) is 0 Å². The maximum atomic E-state index is 10.0. The molecular weight excluding hydrogens is 280 g/mol. The topological polar surface area (TPSA) is 72.2 Å². The Kier molecular flexibility index (Phi) is 4.70. The van der Waals surface area contributed by atoms with Crippen LogP contribution in [0.5, 0.6) is 5.75 Å². The fourth-order valence-electron chi connectivity index (χ4n) is 2.82. The Balaban J connectivity index is 1.59. The first kappa shape index (κ1) is 15.0. The van der Waals surface area contributed by atoms with Gasteiger partial charge in [0.15, 0.2) is 0 Å². The van der Waals surface area contributed by atoms with Gasteiger partial charge in [0.05, 0.1) is 18.9 Å². The lowest BCUT2D eigenvalue weighted by atomic mass is 9.92. The van der Waals surface area contributed by atoms with Crippen molar-refractivity contribution < 1.29 is 9.84 Å². The average molecular weight is 302 g/mol. The van der Waals surface area contributed by atoms with Crippen molar-refractivity contribution in [3.05, 3.63) is 41.7 Å². The Morgan fingerprint density at radius 2 is 2.18 bits per heavy atom. The van der Waals surface area contributed by atoms with Gasteiger partial charge in [0, 0.05) is 25.2 Å². The molecule has 6 nitrogen and oxygen atoms in total. The van der Waals surface area contributed by atoms with Gasteiger partial charge in [-0.2, -0.15) is 0 Å². The van der Waals surface area contributed by atoms with Crippen LogP contribution in [0.25, 0.3) is 0 Å². The molecule has 1 fully saturated rings. The standard InChI is InChI=1S/C16H22N4O2/c1-22-13-4-2-12(3-5-13)7-9-20-11-15(18-19-20)14-6-8-17-10-16(14)21/h2-5,11,14,16-17,21H,6-10H2,1H3. The van der Waals surface area contributed by atoms with E-state index >= 15 is 0 Å². The molecule has 1 aromatic carbocycles. The third kappa shape index (κ3) is 3.45. The van der Waals surface area contributed by atoms with Crippen molar-refractivity contribution in [1.29, 1.82) is 0 Å². The first-order valence-electron chi connectivity index (χ1n) is 7.68. The van der Waals surface area contributed by atoms with Gasteiger partial charge in [-0.3, -0.25) is 4.68 Å². The summed E-state index contributed by atoms with van der Waals surface area (Å²) in [5.74, 6) is 0.961. The summed E-state index contributed by atoms with van der Waals surface area (Å²) in [6.07, 6.45) is 3.38. The highest BCUT2D eigenvalue weighted by molar-refractivity contribution is 5.27. The largest absolute Gasteiger partial charge is 0.497 e. The minimum Gasteiger partial charge on any atom is -0.497 e. The first-order valence-corrected chi connectivity index (χ1v) is 7.68. The molecule has 6 heteroatoms. The van der Waals surface area contributed by atoms with Crippen molar-refractivity contribution in [2.75, 3.05) is 20.2 Å². The molecule has 0 saturated carbocycles. The Morgan fingerprint density at radius 3 is 2.91 bits per heavy atom. The van der Waals surface area contributed by atoms with Crippen LogP contribution >= 0.6 is 0 Å². The predicted molar refractivity (Wildman–Crippen MR) is 83.0 cm³/mol. The number of aromatic nitrogens is 3. The number of benzene rings is 1. The van der Waals surface area contributed by atoms with Crippen LogP contribution in [0.4, 0.5) is 0 Å². The number of methoxy groups -OCH3 is 1. The summed E-state index contributed by atoms with van der Waals surface area (Å²) in [6.45, 7) is 2.32. The molecule has 2 N–H and O–H groups in total. The van der Waals surface area contributed by atoms with Crippen LogP contribution in [0, 0.1) is 0 Å². The number of hydrogen-bond donors (Lipinski definition) is 2. The molecule has 0 bridgehead atoms. The smallest absolute Gasteiger partial charge is 0.118 e. The summed E-state index contributed by atoms with van der Waals surface area (Å²) in [5.41, 5.74) is 2.13. The second-order valence-corrected chi connectivity index (χ2v) is 5.67. The van der Waals surface area contributed by atoms with E-state index in [-0.39, 0.29) is 12.0 Å². The lowest BCUT2D eigenvalue weighted by Crippen LogP contribution is -2.39. The van der Waals surface area contributed by atoms with Gasteiger partial charge < -0.3 is 15.2 Å². The van der Waals surface area contributed by atoms with Crippen LogP contribution in [0.1, 0.15) is 23.6 Å². The number of aryl methyl sites for hydroxylation is 2. The van der Waals surface area contributed by atoms with E-state index in [0.717, 1.165) is 37.4 Å². The van der Waals surface area contributed by atoms with Gasteiger partial charge in [0.2, 0.25) is 0 Å². The normalized spacial score (nSPS) is 21.7. The van der Waals surface area contributed by atoms with Crippen LogP contribution in [0.15, 0.2) is 30.5 Å². The number of β-amino-alcohol motifs (C(OH)–C–C–N with tert-alkyl or cyclic N) is 1. The Labute approximate surface area is 130 Å². The van der Waals surface area contributed by atoms with Crippen LogP contribution in [0.3, 0.4) is 0 Å². The van der Waals surface area contributed by atoms with Crippen molar-refractivity contribution in [3.63, 3.8) is 0 Å². The van der Waals surface area contributed by atoms with Gasteiger partial charge in [0.25, 0.3) is 0 Å². The van der Waals surface area contributed by atoms with Crippen molar-refractivity contribution in [3.8, 4) is 5.75 Å². The zero-order valence-corrected chi connectivity index (χ0v) is 12.8. The predicted octanol–water partition coefficient (Wildman–Crippen LogP) is 0.967. The number of piperidine rings is 1. The molecule has 22 heavy (non-hydrogen) atoms. The van der Waals surface area contributed by atoms with Crippen LogP contribution in [-0.2, 0) is 13.0 Å². The fraction of sp³-hybridized carbons (Fsp3) is 0.500. The molecule has 2 aromatic rings. The maximum Gasteiger partial charge on any atom is 0.118 e. The third-order valence-corrected chi connectivity index (χ3v) is 4.17. The van der Waals surface area contributed by atoms with Gasteiger partial charge >= 0.3 is 0 Å². The lowest BCUT2D eigenvalue weighted by molar-refractivity contribution is 0.116. The summed E-state index contributed by atoms with van der Waals surface area (Å²) in [5, 5.41) is 21.6. The van der Waals surface area contributed by atoms with E-state index in [2.05, 4.69) is 27.8 Å². The Morgan fingerprint density at radius 1 is 1.36 bits per heavy atom. The zero-order valence-electron chi connectivity index (χ0n) is 12.8. The second kappa shape index (κ2) is 6.89. The number of aliphatic hydroxyl groups is 1. The van der Waals surface area contributed by atoms with Gasteiger partial charge in [-0.1, -0.05) is 17.3 Å². The lowest BCUT2D eigenvalue weighted by Gasteiger charge is -2.26. The number of nitrogens with one attached hydrogen (secondary N) is 1. The molecule has 118 valence electrons. The number of nitrogens with zero attached hydrogens (tertiary/aromatic N) is 3. The van der Waals surface area contributed by atoms with E-state index in [1.54, 1.807) is 7.11 Å². The highest BCUT2D eigenvalue weighted by Gasteiger charge is 2.26. The molecule has 0 amide bonds. The van der Waals surface area contributed by atoms with Crippen LogP contribution < -0.4 is 10.1 Å². The van der Waals surface area contributed by atoms with Gasteiger partial charge in [-0.15, -0.1) is 5.10 Å². The third-order valence-electron chi connectivity index (χ3n) is 4.17. The van der Waals surface area contributed by atoms with E-state index in [1.807, 2.05) is 23.0 Å². The van der Waals surface area contributed by atoms with Crippen molar-refractivity contribution in [1.82, 2.24) is 20.3 Å². The van der Waals surface area contributed by atoms with Gasteiger partial charge in [-0.25, -0.2) is 0 Å². The molecule has 0 aliphatic carbocycles. The minimum absolute atomic E-state index is 0.0935. The van der Waals surface area contributed by atoms with E-state index in [0.29, 0.717) is 6.54 Å². The Bertz CT molecular complexity index is 596. The van der Waals surface area contributed by atoms with Crippen LogP contribution in [-0.4, -0.2) is 46.4 Å². The molecule has 2 unspecified atom stereocenters. The maximum absolute atomic E-state index is 10.0. The Hall–Kier alpha value is -1.92. The fourth-order valence-corrected chi connectivity index (χ4v) is 2.82. The van der Waals surface area contributed by atoms with Crippen LogP contribution in [0.2, 0.25) is 0 Å². The molecule has 1 aliphatic rings. The monoisotopic (exact) mass is 302 g/mol. The van der Waals surface area contributed by atoms with Crippen molar-refractivity contribution >= 4 is 0 Å². The highest BCUT2D eigenvalue weighted by Crippen LogP contribution is 2.23. The molecule has 1 aliphatic heterocycles. The first-order chi connectivity index (χ1) is 10.8. The van der Waals surface area contributed by atoms with Gasteiger partial charge in [-0.05, 0) is 37.1 Å². The summed E-state index contributed by atoms with van der Waals surface area (Å²) in [4.78, 5) is 0. The summed E-state index contributed by atoms with van der Waals surface area (Å²) < 4.78 is 7.01. The quantitative estimate of drug-likeness (QED) is 0.861. The molecule has 3 rings (SSSR count).